The molecule has 2 aliphatic heterocycles. The fourth-order valence-corrected chi connectivity index (χ4v) is 4.00. The first-order chi connectivity index (χ1) is 15.2. The predicted octanol–water partition coefficient (Wildman–Crippen LogP) is 3.67. The van der Waals surface area contributed by atoms with Gasteiger partial charge in [0.1, 0.15) is 11.5 Å². The quantitative estimate of drug-likeness (QED) is 0.623. The molecule has 1 saturated heterocycles. The van der Waals surface area contributed by atoms with Crippen molar-refractivity contribution in [3.8, 4) is 17.4 Å². The lowest BCUT2D eigenvalue weighted by molar-refractivity contribution is 0.0699. The zero-order valence-corrected chi connectivity index (χ0v) is 17.4. The number of nitrogens with zero attached hydrogens (tertiary/aromatic N) is 4. The van der Waals surface area contributed by atoms with E-state index in [1.165, 1.54) is 6.26 Å². The highest BCUT2D eigenvalue weighted by atomic mass is 16.5. The van der Waals surface area contributed by atoms with E-state index in [-0.39, 0.29) is 5.91 Å². The number of hydrogen-bond donors (Lipinski definition) is 0. The van der Waals surface area contributed by atoms with Gasteiger partial charge < -0.3 is 23.7 Å². The lowest BCUT2D eigenvalue weighted by Crippen LogP contribution is -2.37. The minimum atomic E-state index is -0.144. The third-order valence-corrected chi connectivity index (χ3v) is 5.69. The fourth-order valence-electron chi connectivity index (χ4n) is 4.00. The maximum Gasteiger partial charge on any atom is 0.289 e. The summed E-state index contributed by atoms with van der Waals surface area (Å²) in [5.74, 6) is 2.79. The summed E-state index contributed by atoms with van der Waals surface area (Å²) in [6.07, 6.45) is 4.43. The van der Waals surface area contributed by atoms with Crippen molar-refractivity contribution in [3.63, 3.8) is 0 Å². The number of furan rings is 1. The largest absolute Gasteiger partial charge is 0.497 e. The van der Waals surface area contributed by atoms with Gasteiger partial charge in [0, 0.05) is 26.1 Å². The fraction of sp³-hybridized carbons (Fsp3) is 0.348. The Kier molecular flexibility index (Phi) is 5.19. The number of anilines is 1. The van der Waals surface area contributed by atoms with Gasteiger partial charge in [0.2, 0.25) is 11.8 Å². The summed E-state index contributed by atoms with van der Waals surface area (Å²) in [6, 6.07) is 10.8. The molecule has 4 heterocycles. The lowest BCUT2D eigenvalue weighted by Gasteiger charge is -2.29. The molecule has 160 valence electrons. The highest BCUT2D eigenvalue weighted by Crippen LogP contribution is 2.33. The maximum absolute atomic E-state index is 12.8. The molecule has 2 aromatic heterocycles. The Hall–Kier alpha value is -3.55. The number of benzene rings is 1. The molecule has 0 unspecified atom stereocenters. The van der Waals surface area contributed by atoms with E-state index in [1.807, 2.05) is 24.3 Å². The van der Waals surface area contributed by atoms with Crippen LogP contribution in [0.3, 0.4) is 0 Å². The molecule has 0 radical (unpaired) electrons. The Morgan fingerprint density at radius 1 is 1.03 bits per heavy atom. The smallest absolute Gasteiger partial charge is 0.289 e. The van der Waals surface area contributed by atoms with Crippen molar-refractivity contribution in [1.82, 2.24) is 14.9 Å². The third kappa shape index (κ3) is 3.93. The van der Waals surface area contributed by atoms with Crippen molar-refractivity contribution in [2.75, 3.05) is 31.6 Å². The van der Waals surface area contributed by atoms with E-state index in [2.05, 4.69) is 4.90 Å². The van der Waals surface area contributed by atoms with Gasteiger partial charge in [-0.05, 0) is 49.2 Å². The van der Waals surface area contributed by atoms with Crippen LogP contribution in [0.4, 0.5) is 5.95 Å². The number of rotatable bonds is 5. The van der Waals surface area contributed by atoms with Gasteiger partial charge in [-0.1, -0.05) is 0 Å². The summed E-state index contributed by atoms with van der Waals surface area (Å²) in [5.41, 5.74) is 1.77. The summed E-state index contributed by atoms with van der Waals surface area (Å²) in [7, 11) is 1.63. The highest BCUT2D eigenvalue weighted by molar-refractivity contribution is 5.91. The van der Waals surface area contributed by atoms with Gasteiger partial charge in [-0.15, -0.1) is 0 Å². The van der Waals surface area contributed by atoms with Crippen LogP contribution in [0.5, 0.6) is 17.4 Å². The monoisotopic (exact) mass is 420 g/mol. The number of amides is 1. The Morgan fingerprint density at radius 2 is 1.81 bits per heavy atom. The molecule has 3 aromatic rings. The van der Waals surface area contributed by atoms with Gasteiger partial charge >= 0.3 is 0 Å². The molecule has 8 nitrogen and oxygen atoms in total. The number of aromatic nitrogens is 2. The van der Waals surface area contributed by atoms with E-state index in [0.29, 0.717) is 42.8 Å². The number of methoxy groups -OCH3 is 1. The van der Waals surface area contributed by atoms with E-state index < -0.39 is 0 Å². The molecule has 0 aliphatic carbocycles. The number of hydrogen-bond acceptors (Lipinski definition) is 7. The van der Waals surface area contributed by atoms with Crippen LogP contribution in [-0.2, 0) is 13.0 Å². The molecule has 0 bridgehead atoms. The number of carbonyl (C=O) groups is 1. The topological polar surface area (TPSA) is 80.9 Å². The second-order valence-corrected chi connectivity index (χ2v) is 7.68. The Morgan fingerprint density at radius 3 is 2.52 bits per heavy atom. The molecule has 8 heteroatoms. The average Bonchev–Trinajstić information content (AvgIpc) is 3.53. The maximum atomic E-state index is 12.8. The van der Waals surface area contributed by atoms with Crippen molar-refractivity contribution in [2.45, 2.75) is 25.8 Å². The summed E-state index contributed by atoms with van der Waals surface area (Å²) in [5, 5.41) is 0. The van der Waals surface area contributed by atoms with Crippen LogP contribution in [0.15, 0.2) is 47.1 Å². The molecular weight excluding hydrogens is 396 g/mol. The van der Waals surface area contributed by atoms with Crippen molar-refractivity contribution in [3.05, 3.63) is 59.7 Å². The minimum absolute atomic E-state index is 0.144. The van der Waals surface area contributed by atoms with Gasteiger partial charge in [0.15, 0.2) is 5.76 Å². The first-order valence-electron chi connectivity index (χ1n) is 10.5. The normalized spacial score (nSPS) is 15.6. The molecule has 0 N–H and O–H groups in total. The Balaban J connectivity index is 1.48. The van der Waals surface area contributed by atoms with Crippen molar-refractivity contribution < 1.29 is 18.7 Å². The van der Waals surface area contributed by atoms with Crippen LogP contribution in [0.2, 0.25) is 0 Å². The highest BCUT2D eigenvalue weighted by Gasteiger charge is 2.29. The second kappa shape index (κ2) is 8.29. The molecule has 2 aliphatic rings. The Labute approximate surface area is 180 Å². The van der Waals surface area contributed by atoms with Crippen LogP contribution in [-0.4, -0.2) is 47.5 Å². The van der Waals surface area contributed by atoms with Gasteiger partial charge in [0.25, 0.3) is 5.91 Å². The SMILES string of the molecule is COc1ccc(Oc2nc(N3CCCC3)nc3c2CN(C(=O)c2ccco2)CC3)cc1. The van der Waals surface area contributed by atoms with Gasteiger partial charge in [-0.3, -0.25) is 4.79 Å². The number of ether oxygens (including phenoxy) is 2. The molecule has 1 fully saturated rings. The third-order valence-electron chi connectivity index (χ3n) is 5.69. The standard InChI is InChI=1S/C23H24N4O4/c1-29-16-6-8-17(9-7-16)31-21-18-15-27(22(28)20-5-4-14-30-20)13-10-19(18)24-23(25-21)26-11-2-3-12-26/h4-9,14H,2-3,10-13,15H2,1H3. The van der Waals surface area contributed by atoms with E-state index in [9.17, 15) is 4.79 Å². The second-order valence-electron chi connectivity index (χ2n) is 7.68. The van der Waals surface area contributed by atoms with Gasteiger partial charge in [0.05, 0.1) is 31.2 Å². The van der Waals surface area contributed by atoms with E-state index >= 15 is 0 Å². The van der Waals surface area contributed by atoms with E-state index in [1.54, 1.807) is 24.1 Å². The summed E-state index contributed by atoms with van der Waals surface area (Å²) < 4.78 is 16.7. The molecular formula is C23H24N4O4. The van der Waals surface area contributed by atoms with Crippen molar-refractivity contribution >= 4 is 11.9 Å². The lowest BCUT2D eigenvalue weighted by atomic mass is 10.1. The molecule has 0 spiro atoms. The molecule has 0 saturated carbocycles. The predicted molar refractivity (Wildman–Crippen MR) is 114 cm³/mol. The first kappa shape index (κ1) is 19.4. The van der Waals surface area contributed by atoms with E-state index in [4.69, 9.17) is 23.9 Å². The first-order valence-corrected chi connectivity index (χ1v) is 10.5. The van der Waals surface area contributed by atoms with Crippen molar-refractivity contribution in [1.29, 1.82) is 0 Å². The number of carbonyl (C=O) groups excluding carboxylic acids is 1. The van der Waals surface area contributed by atoms with Gasteiger partial charge in [-0.25, -0.2) is 4.98 Å². The van der Waals surface area contributed by atoms with Crippen LogP contribution < -0.4 is 14.4 Å². The molecule has 0 atom stereocenters. The van der Waals surface area contributed by atoms with Crippen LogP contribution in [0.25, 0.3) is 0 Å². The molecule has 1 amide bonds. The minimum Gasteiger partial charge on any atom is -0.497 e. The summed E-state index contributed by atoms with van der Waals surface area (Å²) in [4.78, 5) is 26.4. The zero-order chi connectivity index (χ0) is 21.2. The Bertz CT molecular complexity index is 1060. The number of fused-ring (bicyclic) bond motifs is 1. The van der Waals surface area contributed by atoms with Gasteiger partial charge in [-0.2, -0.15) is 4.98 Å². The summed E-state index contributed by atoms with van der Waals surface area (Å²) >= 11 is 0. The molecule has 5 rings (SSSR count). The zero-order valence-electron chi connectivity index (χ0n) is 17.4. The van der Waals surface area contributed by atoms with Crippen molar-refractivity contribution in [2.24, 2.45) is 0 Å². The van der Waals surface area contributed by atoms with Crippen LogP contribution >= 0.6 is 0 Å². The van der Waals surface area contributed by atoms with Crippen LogP contribution in [0.1, 0.15) is 34.7 Å². The molecule has 31 heavy (non-hydrogen) atoms. The van der Waals surface area contributed by atoms with E-state index in [0.717, 1.165) is 42.9 Å². The molecule has 1 aromatic carbocycles. The average molecular weight is 420 g/mol. The summed E-state index contributed by atoms with van der Waals surface area (Å²) in [6.45, 7) is 2.85. The van der Waals surface area contributed by atoms with Crippen LogP contribution in [0, 0.1) is 0 Å².